The Hall–Kier alpha value is -1.42. The van der Waals surface area contributed by atoms with Crippen LogP contribution in [0.4, 0.5) is 4.39 Å². The Morgan fingerprint density at radius 2 is 2.35 bits per heavy atom. The van der Waals surface area contributed by atoms with Gasteiger partial charge in [0.2, 0.25) is 0 Å². The van der Waals surface area contributed by atoms with Gasteiger partial charge in [-0.3, -0.25) is 0 Å². The second-order valence-corrected chi connectivity index (χ2v) is 3.91. The first-order chi connectivity index (χ1) is 8.26. The second-order valence-electron chi connectivity index (χ2n) is 3.91. The Morgan fingerprint density at radius 1 is 1.53 bits per heavy atom. The largest absolute Gasteiger partial charge is 0.479 e. The molecule has 0 amide bonds. The number of nitrogens with zero attached hydrogens (tertiary/aromatic N) is 1. The molecule has 1 aliphatic rings. The van der Waals surface area contributed by atoms with Gasteiger partial charge in [-0.15, -0.1) is 0 Å². The first-order valence-electron chi connectivity index (χ1n) is 5.77. The van der Waals surface area contributed by atoms with E-state index in [9.17, 15) is 4.39 Å². The summed E-state index contributed by atoms with van der Waals surface area (Å²) in [6, 6.07) is 1.68. The minimum atomic E-state index is -0.390. The first kappa shape index (κ1) is 12.0. The second kappa shape index (κ2) is 5.27. The third-order valence-electron chi connectivity index (χ3n) is 2.86. The Bertz CT molecular complexity index is 431. The summed E-state index contributed by atoms with van der Waals surface area (Å²) in [6.45, 7) is 2.64. The summed E-state index contributed by atoms with van der Waals surface area (Å²) < 4.78 is 24.3. The molecule has 1 atom stereocenters. The molecule has 0 radical (unpaired) electrons. The van der Waals surface area contributed by atoms with Gasteiger partial charge in [-0.25, -0.2) is 9.37 Å². The summed E-state index contributed by atoms with van der Waals surface area (Å²) in [7, 11) is 1.42. The lowest BCUT2D eigenvalue weighted by atomic mass is 10.1. The fraction of sp³-hybridized carbons (Fsp3) is 0.462. The van der Waals surface area contributed by atoms with Crippen molar-refractivity contribution in [2.75, 3.05) is 13.7 Å². The van der Waals surface area contributed by atoms with Crippen molar-refractivity contribution in [3.05, 3.63) is 29.7 Å². The van der Waals surface area contributed by atoms with Crippen LogP contribution in [0.25, 0.3) is 5.57 Å². The van der Waals surface area contributed by atoms with Crippen molar-refractivity contribution in [1.82, 2.24) is 4.98 Å². The van der Waals surface area contributed by atoms with Gasteiger partial charge in [0.1, 0.15) is 0 Å². The molecule has 2 rings (SSSR count). The number of allylic oxidation sites excluding steroid dienone is 1. The summed E-state index contributed by atoms with van der Waals surface area (Å²) in [5.41, 5.74) is 1.54. The maximum absolute atomic E-state index is 14.0. The molecule has 1 unspecified atom stereocenters. The molecule has 92 valence electrons. The Labute approximate surface area is 100 Å². The van der Waals surface area contributed by atoms with Gasteiger partial charge in [0.15, 0.2) is 5.82 Å². The van der Waals surface area contributed by atoms with Crippen molar-refractivity contribution in [1.29, 1.82) is 0 Å². The van der Waals surface area contributed by atoms with Gasteiger partial charge in [-0.05, 0) is 31.4 Å². The van der Waals surface area contributed by atoms with Gasteiger partial charge in [0, 0.05) is 18.4 Å². The smallest absolute Gasteiger partial charge is 0.250 e. The Morgan fingerprint density at radius 3 is 3.06 bits per heavy atom. The molecule has 0 aliphatic heterocycles. The van der Waals surface area contributed by atoms with Gasteiger partial charge in [0.25, 0.3) is 5.88 Å². The molecular formula is C13H16FNO2. The van der Waals surface area contributed by atoms with Crippen LogP contribution in [0.5, 0.6) is 5.88 Å². The molecule has 0 saturated heterocycles. The van der Waals surface area contributed by atoms with Gasteiger partial charge >= 0.3 is 0 Å². The highest BCUT2D eigenvalue weighted by molar-refractivity contribution is 5.69. The molecule has 4 heteroatoms. The summed E-state index contributed by atoms with van der Waals surface area (Å²) in [4.78, 5) is 3.83. The number of rotatable bonds is 4. The normalized spacial score (nSPS) is 19.2. The number of hydrogen-bond acceptors (Lipinski definition) is 3. The van der Waals surface area contributed by atoms with Gasteiger partial charge in [0.05, 0.1) is 13.2 Å². The topological polar surface area (TPSA) is 31.4 Å². The van der Waals surface area contributed by atoms with E-state index >= 15 is 0 Å². The third kappa shape index (κ3) is 2.47. The SMILES string of the molecule is CCOC1C=C(c2ccnc(OC)c2F)CC1. The zero-order valence-electron chi connectivity index (χ0n) is 10.1. The zero-order valence-corrected chi connectivity index (χ0v) is 10.1. The van der Waals surface area contributed by atoms with Gasteiger partial charge in [-0.1, -0.05) is 6.08 Å². The molecule has 0 aromatic carbocycles. The summed E-state index contributed by atoms with van der Waals surface area (Å²) in [6.07, 6.45) is 5.39. The van der Waals surface area contributed by atoms with E-state index in [-0.39, 0.29) is 12.0 Å². The average Bonchev–Trinajstić information content (AvgIpc) is 2.78. The Kier molecular flexibility index (Phi) is 3.74. The monoisotopic (exact) mass is 237 g/mol. The molecule has 0 N–H and O–H groups in total. The standard InChI is InChI=1S/C13H16FNO2/c1-3-17-10-5-4-9(8-10)11-6-7-15-13(16-2)12(11)14/h6-8,10H,3-5H2,1-2H3. The first-order valence-corrected chi connectivity index (χ1v) is 5.77. The van der Waals surface area contributed by atoms with Crippen molar-refractivity contribution in [2.24, 2.45) is 0 Å². The van der Waals surface area contributed by atoms with Crippen LogP contribution >= 0.6 is 0 Å². The van der Waals surface area contributed by atoms with Crippen LogP contribution in [0.1, 0.15) is 25.3 Å². The van der Waals surface area contributed by atoms with Crippen LogP contribution in [-0.4, -0.2) is 24.8 Å². The number of hydrogen-bond donors (Lipinski definition) is 0. The summed E-state index contributed by atoms with van der Waals surface area (Å²) >= 11 is 0. The lowest BCUT2D eigenvalue weighted by molar-refractivity contribution is 0.0965. The molecule has 0 spiro atoms. The highest BCUT2D eigenvalue weighted by Crippen LogP contribution is 2.32. The molecule has 0 bridgehead atoms. The molecule has 0 saturated carbocycles. The number of pyridine rings is 1. The summed E-state index contributed by atoms with van der Waals surface area (Å²) in [5, 5.41) is 0. The number of ether oxygens (including phenoxy) is 2. The van der Waals surface area contributed by atoms with Crippen LogP contribution in [0, 0.1) is 5.82 Å². The van der Waals surface area contributed by atoms with E-state index in [4.69, 9.17) is 9.47 Å². The number of aromatic nitrogens is 1. The third-order valence-corrected chi connectivity index (χ3v) is 2.86. The molecule has 1 aromatic heterocycles. The highest BCUT2D eigenvalue weighted by atomic mass is 19.1. The molecule has 1 aliphatic carbocycles. The van der Waals surface area contributed by atoms with E-state index in [1.165, 1.54) is 7.11 Å². The van der Waals surface area contributed by atoms with Crippen molar-refractivity contribution in [2.45, 2.75) is 25.9 Å². The lowest BCUT2D eigenvalue weighted by Gasteiger charge is -2.06. The van der Waals surface area contributed by atoms with Crippen LogP contribution in [0.3, 0.4) is 0 Å². The van der Waals surface area contributed by atoms with E-state index < -0.39 is 5.82 Å². The lowest BCUT2D eigenvalue weighted by Crippen LogP contribution is -2.04. The van der Waals surface area contributed by atoms with Crippen molar-refractivity contribution in [3.63, 3.8) is 0 Å². The highest BCUT2D eigenvalue weighted by Gasteiger charge is 2.21. The minimum Gasteiger partial charge on any atom is -0.479 e. The molecule has 1 aromatic rings. The van der Waals surface area contributed by atoms with Crippen LogP contribution in [0.15, 0.2) is 18.3 Å². The predicted molar refractivity (Wildman–Crippen MR) is 63.4 cm³/mol. The fourth-order valence-electron chi connectivity index (χ4n) is 2.07. The molecule has 0 fully saturated rings. The maximum atomic E-state index is 14.0. The Balaban J connectivity index is 2.26. The average molecular weight is 237 g/mol. The minimum absolute atomic E-state index is 0.0447. The van der Waals surface area contributed by atoms with Crippen molar-refractivity contribution >= 4 is 5.57 Å². The quantitative estimate of drug-likeness (QED) is 0.807. The fourth-order valence-corrected chi connectivity index (χ4v) is 2.07. The van der Waals surface area contributed by atoms with Crippen molar-refractivity contribution in [3.8, 4) is 5.88 Å². The van der Waals surface area contributed by atoms with E-state index in [1.54, 1.807) is 12.3 Å². The number of halogens is 1. The predicted octanol–water partition coefficient (Wildman–Crippen LogP) is 2.81. The number of methoxy groups -OCH3 is 1. The van der Waals surface area contributed by atoms with Crippen molar-refractivity contribution < 1.29 is 13.9 Å². The molecule has 17 heavy (non-hydrogen) atoms. The van der Waals surface area contributed by atoms with Crippen LogP contribution < -0.4 is 4.74 Å². The molecular weight excluding hydrogens is 221 g/mol. The molecule has 3 nitrogen and oxygen atoms in total. The maximum Gasteiger partial charge on any atom is 0.250 e. The van der Waals surface area contributed by atoms with Gasteiger partial charge in [-0.2, -0.15) is 0 Å². The van der Waals surface area contributed by atoms with Crippen LogP contribution in [0.2, 0.25) is 0 Å². The summed E-state index contributed by atoms with van der Waals surface area (Å²) in [5.74, 6) is -0.346. The zero-order chi connectivity index (χ0) is 12.3. The van der Waals surface area contributed by atoms with E-state index in [0.29, 0.717) is 12.2 Å². The molecule has 1 heterocycles. The van der Waals surface area contributed by atoms with Crippen LogP contribution in [-0.2, 0) is 4.74 Å². The van der Waals surface area contributed by atoms with E-state index in [1.807, 2.05) is 13.0 Å². The van der Waals surface area contributed by atoms with E-state index in [0.717, 1.165) is 18.4 Å². The van der Waals surface area contributed by atoms with Gasteiger partial charge < -0.3 is 9.47 Å². The van der Waals surface area contributed by atoms with E-state index in [2.05, 4.69) is 4.98 Å².